The maximum Gasteiger partial charge on any atom is 0.237 e. The number of ether oxygens (including phenoxy) is 1. The molecule has 1 aromatic rings. The van der Waals surface area contributed by atoms with E-state index in [1.54, 1.807) is 6.33 Å². The number of hydrogen-bond donors (Lipinski definition) is 1. The molecule has 0 unspecified atom stereocenters. The number of hydrogen-bond acceptors (Lipinski definition) is 5. The molecule has 1 N–H and O–H groups in total. The molecule has 3 rings (SSSR count). The van der Waals surface area contributed by atoms with E-state index in [1.165, 1.54) is 5.56 Å². The molecule has 1 aromatic heterocycles. The van der Waals surface area contributed by atoms with Gasteiger partial charge in [0.25, 0.3) is 0 Å². The van der Waals surface area contributed by atoms with Gasteiger partial charge in [0, 0.05) is 32.4 Å². The van der Waals surface area contributed by atoms with Crippen LogP contribution in [-0.4, -0.2) is 52.6 Å². The quantitative estimate of drug-likeness (QED) is 0.875. The Hall–Kier alpha value is -1.53. The van der Waals surface area contributed by atoms with E-state index in [9.17, 15) is 4.79 Å². The summed E-state index contributed by atoms with van der Waals surface area (Å²) >= 11 is 0. The van der Waals surface area contributed by atoms with Crippen LogP contribution in [-0.2, 0) is 22.5 Å². The Kier molecular flexibility index (Phi) is 4.45. The van der Waals surface area contributed by atoms with Gasteiger partial charge in [-0.05, 0) is 31.7 Å². The SMILES string of the molecule is C[C@H](C(=O)NC[C@H]1CCCO1)N1CCc2cncnc2C1. The molecule has 0 radical (unpaired) electrons. The fraction of sp³-hybridized carbons (Fsp3) is 0.667. The van der Waals surface area contributed by atoms with Crippen molar-refractivity contribution in [3.8, 4) is 0 Å². The van der Waals surface area contributed by atoms with Crippen molar-refractivity contribution in [3.63, 3.8) is 0 Å². The molecule has 0 spiro atoms. The maximum absolute atomic E-state index is 12.3. The van der Waals surface area contributed by atoms with E-state index in [-0.39, 0.29) is 18.1 Å². The lowest BCUT2D eigenvalue weighted by Gasteiger charge is -2.32. The minimum Gasteiger partial charge on any atom is -0.376 e. The van der Waals surface area contributed by atoms with Gasteiger partial charge in [-0.15, -0.1) is 0 Å². The normalized spacial score (nSPS) is 23.6. The standard InChI is InChI=1S/C15H22N4O2/c1-11(15(20)17-8-13-3-2-6-21-13)19-5-4-12-7-16-10-18-14(12)9-19/h7,10-11,13H,2-6,8-9H2,1H3,(H,17,20)/t11-,13-/m1/s1. The van der Waals surface area contributed by atoms with E-state index in [0.717, 1.165) is 38.1 Å². The fourth-order valence-corrected chi connectivity index (χ4v) is 2.93. The zero-order valence-corrected chi connectivity index (χ0v) is 12.4. The highest BCUT2D eigenvalue weighted by Gasteiger charge is 2.26. The zero-order chi connectivity index (χ0) is 14.7. The van der Waals surface area contributed by atoms with Gasteiger partial charge in [0.1, 0.15) is 6.33 Å². The third-order valence-electron chi connectivity index (χ3n) is 4.36. The number of amides is 1. The topological polar surface area (TPSA) is 67.3 Å². The highest BCUT2D eigenvalue weighted by molar-refractivity contribution is 5.81. The van der Waals surface area contributed by atoms with E-state index in [2.05, 4.69) is 20.2 Å². The summed E-state index contributed by atoms with van der Waals surface area (Å²) in [5.41, 5.74) is 2.23. The smallest absolute Gasteiger partial charge is 0.237 e. The van der Waals surface area contributed by atoms with Gasteiger partial charge in [0.2, 0.25) is 5.91 Å². The summed E-state index contributed by atoms with van der Waals surface area (Å²) in [5.74, 6) is 0.0722. The Bertz CT molecular complexity index is 502. The van der Waals surface area contributed by atoms with Crippen LogP contribution in [0.2, 0.25) is 0 Å². The van der Waals surface area contributed by atoms with Crippen molar-refractivity contribution in [2.45, 2.75) is 44.9 Å². The molecule has 2 atom stereocenters. The van der Waals surface area contributed by atoms with Gasteiger partial charge in [0.15, 0.2) is 0 Å². The molecule has 1 amide bonds. The Balaban J connectivity index is 1.53. The summed E-state index contributed by atoms with van der Waals surface area (Å²) in [6.45, 7) is 4.98. The second kappa shape index (κ2) is 6.49. The van der Waals surface area contributed by atoms with Crippen LogP contribution in [0, 0.1) is 0 Å². The average molecular weight is 290 g/mol. The average Bonchev–Trinajstić information content (AvgIpc) is 3.05. The van der Waals surface area contributed by atoms with Gasteiger partial charge in [-0.25, -0.2) is 9.97 Å². The van der Waals surface area contributed by atoms with Crippen LogP contribution < -0.4 is 5.32 Å². The third kappa shape index (κ3) is 3.39. The number of nitrogens with zero attached hydrogens (tertiary/aromatic N) is 3. The van der Waals surface area contributed by atoms with Crippen molar-refractivity contribution in [2.75, 3.05) is 19.7 Å². The number of nitrogens with one attached hydrogen (secondary N) is 1. The van der Waals surface area contributed by atoms with Crippen LogP contribution in [0.5, 0.6) is 0 Å². The van der Waals surface area contributed by atoms with Crippen molar-refractivity contribution in [1.82, 2.24) is 20.2 Å². The first-order chi connectivity index (χ1) is 10.2. The monoisotopic (exact) mass is 290 g/mol. The van der Waals surface area contributed by atoms with Crippen molar-refractivity contribution in [3.05, 3.63) is 23.8 Å². The third-order valence-corrected chi connectivity index (χ3v) is 4.36. The summed E-state index contributed by atoms with van der Waals surface area (Å²) in [5, 5.41) is 3.01. The number of fused-ring (bicyclic) bond motifs is 1. The molecule has 1 fully saturated rings. The van der Waals surface area contributed by atoms with Crippen molar-refractivity contribution >= 4 is 5.91 Å². The molecule has 21 heavy (non-hydrogen) atoms. The van der Waals surface area contributed by atoms with Crippen LogP contribution in [0.1, 0.15) is 31.0 Å². The first-order valence-electron chi connectivity index (χ1n) is 7.65. The second-order valence-corrected chi connectivity index (χ2v) is 5.77. The highest BCUT2D eigenvalue weighted by Crippen LogP contribution is 2.17. The van der Waals surface area contributed by atoms with Gasteiger partial charge in [-0.1, -0.05) is 0 Å². The van der Waals surface area contributed by atoms with E-state index in [0.29, 0.717) is 13.1 Å². The Morgan fingerprint density at radius 2 is 2.52 bits per heavy atom. The summed E-state index contributed by atoms with van der Waals surface area (Å²) in [7, 11) is 0. The summed E-state index contributed by atoms with van der Waals surface area (Å²) in [4.78, 5) is 22.8. The van der Waals surface area contributed by atoms with E-state index in [4.69, 9.17) is 4.74 Å². The lowest BCUT2D eigenvalue weighted by Crippen LogP contribution is -2.48. The molecule has 0 aliphatic carbocycles. The second-order valence-electron chi connectivity index (χ2n) is 5.77. The minimum atomic E-state index is -0.144. The van der Waals surface area contributed by atoms with Crippen LogP contribution in [0.15, 0.2) is 12.5 Å². The van der Waals surface area contributed by atoms with Crippen LogP contribution in [0.4, 0.5) is 0 Å². The largest absolute Gasteiger partial charge is 0.376 e. The Morgan fingerprint density at radius 3 is 3.33 bits per heavy atom. The predicted octanol–water partition coefficient (Wildman–Crippen LogP) is 0.518. The van der Waals surface area contributed by atoms with E-state index in [1.807, 2.05) is 13.1 Å². The maximum atomic E-state index is 12.3. The van der Waals surface area contributed by atoms with Crippen LogP contribution in [0.25, 0.3) is 0 Å². The lowest BCUT2D eigenvalue weighted by molar-refractivity contribution is -0.126. The number of carbonyl (C=O) groups is 1. The molecule has 0 saturated carbocycles. The highest BCUT2D eigenvalue weighted by atomic mass is 16.5. The van der Waals surface area contributed by atoms with Crippen molar-refractivity contribution < 1.29 is 9.53 Å². The van der Waals surface area contributed by atoms with Crippen LogP contribution >= 0.6 is 0 Å². The molecule has 2 aliphatic heterocycles. The first kappa shape index (κ1) is 14.4. The van der Waals surface area contributed by atoms with Gasteiger partial charge >= 0.3 is 0 Å². The molecule has 0 aromatic carbocycles. The van der Waals surface area contributed by atoms with Gasteiger partial charge in [-0.2, -0.15) is 0 Å². The Labute approximate surface area is 124 Å². The molecule has 114 valence electrons. The molecule has 1 saturated heterocycles. The van der Waals surface area contributed by atoms with E-state index >= 15 is 0 Å². The molecule has 6 nitrogen and oxygen atoms in total. The molecule has 2 aliphatic rings. The summed E-state index contributed by atoms with van der Waals surface area (Å²) in [6, 6.07) is -0.144. The minimum absolute atomic E-state index is 0.0722. The first-order valence-corrected chi connectivity index (χ1v) is 7.65. The van der Waals surface area contributed by atoms with Crippen molar-refractivity contribution in [2.24, 2.45) is 0 Å². The summed E-state index contributed by atoms with van der Waals surface area (Å²) in [6.07, 6.45) is 6.68. The Morgan fingerprint density at radius 1 is 1.62 bits per heavy atom. The molecular formula is C15H22N4O2. The fourth-order valence-electron chi connectivity index (χ4n) is 2.93. The van der Waals surface area contributed by atoms with Gasteiger partial charge in [-0.3, -0.25) is 9.69 Å². The molecule has 0 bridgehead atoms. The number of carbonyl (C=O) groups excluding carboxylic acids is 1. The van der Waals surface area contributed by atoms with Crippen LogP contribution in [0.3, 0.4) is 0 Å². The lowest BCUT2D eigenvalue weighted by atomic mass is 10.1. The molecule has 3 heterocycles. The van der Waals surface area contributed by atoms with Crippen molar-refractivity contribution in [1.29, 1.82) is 0 Å². The molecule has 6 heteroatoms. The number of aromatic nitrogens is 2. The summed E-state index contributed by atoms with van der Waals surface area (Å²) < 4.78 is 5.53. The predicted molar refractivity (Wildman–Crippen MR) is 77.6 cm³/mol. The zero-order valence-electron chi connectivity index (χ0n) is 12.4. The number of rotatable bonds is 4. The van der Waals surface area contributed by atoms with Gasteiger partial charge < -0.3 is 10.1 Å². The van der Waals surface area contributed by atoms with Gasteiger partial charge in [0.05, 0.1) is 17.8 Å². The molecular weight excluding hydrogens is 268 g/mol. The van der Waals surface area contributed by atoms with E-state index < -0.39 is 0 Å².